The molecule has 10 heteroatoms. The number of carbonyl (C=O) groups is 2. The second kappa shape index (κ2) is 8.75. The lowest BCUT2D eigenvalue weighted by Crippen LogP contribution is -2.36. The van der Waals surface area contributed by atoms with E-state index in [0.717, 1.165) is 15.4 Å². The number of nitrogens with zero attached hydrogens (tertiary/aromatic N) is 4. The highest BCUT2D eigenvalue weighted by atomic mass is 32.2. The fraction of sp³-hybridized carbons (Fsp3) is 0.182. The van der Waals surface area contributed by atoms with Gasteiger partial charge in [0.15, 0.2) is 0 Å². The molecule has 1 saturated heterocycles. The average molecular weight is 452 g/mol. The van der Waals surface area contributed by atoms with Crippen LogP contribution in [0.15, 0.2) is 72.0 Å². The Morgan fingerprint density at radius 1 is 1.06 bits per heavy atom. The lowest BCUT2D eigenvalue weighted by Gasteiger charge is -2.18. The molecule has 1 aromatic carbocycles. The Bertz CT molecular complexity index is 1230. The molecule has 0 unspecified atom stereocenters. The number of urea groups is 1. The molecule has 32 heavy (non-hydrogen) atoms. The minimum Gasteiger partial charge on any atom is -0.348 e. The van der Waals surface area contributed by atoms with Gasteiger partial charge in [0, 0.05) is 31.7 Å². The van der Waals surface area contributed by atoms with Crippen molar-refractivity contribution in [3.8, 4) is 0 Å². The second-order valence-electron chi connectivity index (χ2n) is 7.27. The van der Waals surface area contributed by atoms with E-state index in [9.17, 15) is 18.0 Å². The molecule has 3 aromatic rings. The maximum Gasteiger partial charge on any atom is 0.339 e. The first-order chi connectivity index (χ1) is 15.4. The van der Waals surface area contributed by atoms with Gasteiger partial charge in [0.2, 0.25) is 0 Å². The fourth-order valence-electron chi connectivity index (χ4n) is 3.25. The van der Waals surface area contributed by atoms with E-state index in [-0.39, 0.29) is 30.4 Å². The van der Waals surface area contributed by atoms with Gasteiger partial charge < -0.3 is 5.32 Å². The van der Waals surface area contributed by atoms with Crippen LogP contribution in [0.2, 0.25) is 0 Å². The molecule has 0 spiro atoms. The van der Waals surface area contributed by atoms with E-state index in [2.05, 4.69) is 15.3 Å². The van der Waals surface area contributed by atoms with Gasteiger partial charge in [-0.25, -0.2) is 22.5 Å². The molecule has 3 amide bonds. The van der Waals surface area contributed by atoms with Crippen molar-refractivity contribution < 1.29 is 18.0 Å². The van der Waals surface area contributed by atoms with E-state index < -0.39 is 16.1 Å². The van der Waals surface area contributed by atoms with Crippen LogP contribution < -0.4 is 10.2 Å². The quantitative estimate of drug-likeness (QED) is 0.616. The molecular formula is C22H21N5O4S. The molecule has 9 nitrogen and oxygen atoms in total. The molecule has 0 atom stereocenters. The number of anilines is 1. The number of benzene rings is 1. The van der Waals surface area contributed by atoms with Gasteiger partial charge in [0.25, 0.3) is 15.9 Å². The Labute approximate surface area is 185 Å². The predicted octanol–water partition coefficient (Wildman–Crippen LogP) is 2.35. The zero-order valence-corrected chi connectivity index (χ0v) is 18.1. The summed E-state index contributed by atoms with van der Waals surface area (Å²) in [5.74, 6) is 0.0905. The van der Waals surface area contributed by atoms with Crippen LogP contribution in [0.25, 0.3) is 0 Å². The first-order valence-electron chi connectivity index (χ1n) is 9.90. The van der Waals surface area contributed by atoms with E-state index in [1.165, 1.54) is 23.2 Å². The van der Waals surface area contributed by atoms with E-state index >= 15 is 0 Å². The maximum absolute atomic E-state index is 12.9. The molecule has 3 heterocycles. The van der Waals surface area contributed by atoms with Gasteiger partial charge in [0.05, 0.1) is 17.0 Å². The van der Waals surface area contributed by atoms with Crippen LogP contribution in [0.4, 0.5) is 10.6 Å². The van der Waals surface area contributed by atoms with Gasteiger partial charge in [-0.2, -0.15) is 0 Å². The lowest BCUT2D eigenvalue weighted by atomic mass is 10.2. The maximum atomic E-state index is 12.9. The third-order valence-corrected chi connectivity index (χ3v) is 6.83. The molecular weight excluding hydrogens is 430 g/mol. The molecule has 164 valence electrons. The van der Waals surface area contributed by atoms with Gasteiger partial charge >= 0.3 is 6.03 Å². The van der Waals surface area contributed by atoms with E-state index in [0.29, 0.717) is 11.4 Å². The Morgan fingerprint density at radius 3 is 2.50 bits per heavy atom. The van der Waals surface area contributed by atoms with Crippen LogP contribution in [0, 0.1) is 6.92 Å². The molecule has 0 bridgehead atoms. The number of rotatable bonds is 6. The van der Waals surface area contributed by atoms with Crippen molar-refractivity contribution in [3.05, 3.63) is 83.8 Å². The second-order valence-corrected chi connectivity index (χ2v) is 9.14. The first kappa shape index (κ1) is 21.4. The Hall–Kier alpha value is -3.79. The predicted molar refractivity (Wildman–Crippen MR) is 117 cm³/mol. The van der Waals surface area contributed by atoms with Gasteiger partial charge in [-0.05, 0) is 42.8 Å². The summed E-state index contributed by atoms with van der Waals surface area (Å²) in [7, 11) is -3.94. The van der Waals surface area contributed by atoms with Crippen molar-refractivity contribution in [1.82, 2.24) is 19.6 Å². The number of nitrogens with one attached hydrogen (secondary N) is 1. The molecule has 0 radical (unpaired) electrons. The normalized spacial score (nSPS) is 14.0. The molecule has 1 aliphatic rings. The number of hydrogen-bond donors (Lipinski definition) is 1. The van der Waals surface area contributed by atoms with Crippen molar-refractivity contribution in [1.29, 1.82) is 0 Å². The summed E-state index contributed by atoms with van der Waals surface area (Å²) >= 11 is 0. The first-order valence-corrected chi connectivity index (χ1v) is 11.3. The monoisotopic (exact) mass is 451 g/mol. The number of amides is 3. The van der Waals surface area contributed by atoms with Crippen molar-refractivity contribution in [3.63, 3.8) is 0 Å². The van der Waals surface area contributed by atoms with Crippen molar-refractivity contribution in [2.24, 2.45) is 0 Å². The summed E-state index contributed by atoms with van der Waals surface area (Å²) in [6.07, 6.45) is 4.61. The summed E-state index contributed by atoms with van der Waals surface area (Å²) in [5, 5.41) is 2.78. The molecule has 1 fully saturated rings. The van der Waals surface area contributed by atoms with Gasteiger partial charge in [0.1, 0.15) is 5.82 Å². The lowest BCUT2D eigenvalue weighted by molar-refractivity contribution is 0.0950. The summed E-state index contributed by atoms with van der Waals surface area (Å²) in [6, 6.07) is 12.4. The van der Waals surface area contributed by atoms with Crippen LogP contribution in [0.5, 0.6) is 0 Å². The molecule has 4 rings (SSSR count). The Morgan fingerprint density at radius 2 is 1.84 bits per heavy atom. The van der Waals surface area contributed by atoms with Crippen LogP contribution in [0.1, 0.15) is 21.5 Å². The molecule has 1 aliphatic heterocycles. The number of sulfonamides is 1. The van der Waals surface area contributed by atoms with Gasteiger partial charge in [-0.3, -0.25) is 14.7 Å². The summed E-state index contributed by atoms with van der Waals surface area (Å²) in [5.41, 5.74) is 2.12. The van der Waals surface area contributed by atoms with E-state index in [1.807, 2.05) is 6.92 Å². The standard InChI is InChI=1S/C22H21N5O4S/c1-16-4-7-19(8-5-16)32(30,31)27-12-11-26(22(27)29)20-9-6-17(13-24-20)14-25-21(28)18-3-2-10-23-15-18/h2-10,13,15H,11-12,14H2,1H3,(H,25,28). The molecule has 1 N–H and O–H groups in total. The minimum absolute atomic E-state index is 0.0413. The highest BCUT2D eigenvalue weighted by Gasteiger charge is 2.39. The number of hydrogen-bond acceptors (Lipinski definition) is 6. The van der Waals surface area contributed by atoms with Crippen LogP contribution in [-0.4, -0.2) is 47.7 Å². The molecule has 0 saturated carbocycles. The number of pyridine rings is 2. The highest BCUT2D eigenvalue weighted by molar-refractivity contribution is 7.89. The fourth-order valence-corrected chi connectivity index (χ4v) is 4.61. The summed E-state index contributed by atoms with van der Waals surface area (Å²) in [6.45, 7) is 2.36. The number of carbonyl (C=O) groups excluding carboxylic acids is 2. The van der Waals surface area contributed by atoms with Crippen LogP contribution in [-0.2, 0) is 16.6 Å². The molecule has 2 aromatic heterocycles. The smallest absolute Gasteiger partial charge is 0.339 e. The zero-order valence-electron chi connectivity index (χ0n) is 17.3. The zero-order chi connectivity index (χ0) is 22.7. The Balaban J connectivity index is 1.42. The number of aromatic nitrogens is 2. The number of aryl methyl sites for hydroxylation is 1. The topological polar surface area (TPSA) is 113 Å². The van der Waals surface area contributed by atoms with Crippen molar-refractivity contribution in [2.75, 3.05) is 18.0 Å². The molecule has 0 aliphatic carbocycles. The third-order valence-electron chi connectivity index (χ3n) is 5.04. The van der Waals surface area contributed by atoms with E-state index in [4.69, 9.17) is 0 Å². The highest BCUT2D eigenvalue weighted by Crippen LogP contribution is 2.24. The SMILES string of the molecule is Cc1ccc(S(=O)(=O)N2CCN(c3ccc(CNC(=O)c4cccnc4)cn3)C2=O)cc1. The average Bonchev–Trinajstić information content (AvgIpc) is 3.21. The van der Waals surface area contributed by atoms with Crippen LogP contribution >= 0.6 is 0 Å². The summed E-state index contributed by atoms with van der Waals surface area (Å²) in [4.78, 5) is 34.5. The van der Waals surface area contributed by atoms with Crippen molar-refractivity contribution >= 4 is 27.8 Å². The summed E-state index contributed by atoms with van der Waals surface area (Å²) < 4.78 is 26.6. The van der Waals surface area contributed by atoms with Gasteiger partial charge in [-0.15, -0.1) is 0 Å². The van der Waals surface area contributed by atoms with Crippen molar-refractivity contribution in [2.45, 2.75) is 18.4 Å². The van der Waals surface area contributed by atoms with E-state index in [1.54, 1.807) is 48.8 Å². The minimum atomic E-state index is -3.94. The third kappa shape index (κ3) is 4.30. The largest absolute Gasteiger partial charge is 0.348 e. The van der Waals surface area contributed by atoms with Crippen LogP contribution in [0.3, 0.4) is 0 Å². The Kier molecular flexibility index (Phi) is 5.87. The van der Waals surface area contributed by atoms with Gasteiger partial charge in [-0.1, -0.05) is 23.8 Å².